The highest BCUT2D eigenvalue weighted by Crippen LogP contribution is 2.27. The second-order valence-corrected chi connectivity index (χ2v) is 4.14. The molecule has 0 bridgehead atoms. The first kappa shape index (κ1) is 12.9. The maximum atomic E-state index is 10.8. The van der Waals surface area contributed by atoms with Crippen molar-refractivity contribution >= 4 is 11.5 Å². The Labute approximate surface area is 110 Å². The number of hydrogen-bond acceptors (Lipinski definition) is 5. The van der Waals surface area contributed by atoms with Crippen LogP contribution in [-0.4, -0.2) is 14.9 Å². The Balaban J connectivity index is 2.55. The molecule has 6 nitrogen and oxygen atoms in total. The first-order chi connectivity index (χ1) is 9.13. The number of hydrogen-bond donors (Lipinski definition) is 1. The number of nitrogen functional groups attached to an aromatic ring is 1. The van der Waals surface area contributed by atoms with Gasteiger partial charge in [-0.15, -0.1) is 0 Å². The summed E-state index contributed by atoms with van der Waals surface area (Å²) in [5, 5.41) is 10.8. The summed E-state index contributed by atoms with van der Waals surface area (Å²) in [7, 11) is 0. The number of rotatable bonds is 4. The SMILES string of the molecule is CCCc1c(N)ncnc1-c1cccc([N+](=O)[O-])c1. The number of nitrogens with zero attached hydrogens (tertiary/aromatic N) is 3. The molecule has 0 unspecified atom stereocenters. The molecule has 6 heteroatoms. The molecule has 2 aromatic rings. The summed E-state index contributed by atoms with van der Waals surface area (Å²) >= 11 is 0. The molecule has 0 spiro atoms. The number of nitro groups is 1. The number of non-ortho nitro benzene ring substituents is 1. The third-order valence-electron chi connectivity index (χ3n) is 2.81. The van der Waals surface area contributed by atoms with Crippen molar-refractivity contribution in [3.05, 3.63) is 46.3 Å². The van der Waals surface area contributed by atoms with Crippen molar-refractivity contribution in [2.24, 2.45) is 0 Å². The zero-order valence-electron chi connectivity index (χ0n) is 10.5. The Morgan fingerprint density at radius 2 is 2.16 bits per heavy atom. The largest absolute Gasteiger partial charge is 0.383 e. The minimum Gasteiger partial charge on any atom is -0.383 e. The molecule has 1 aromatic carbocycles. The van der Waals surface area contributed by atoms with Crippen molar-refractivity contribution in [1.82, 2.24) is 9.97 Å². The van der Waals surface area contributed by atoms with Gasteiger partial charge in [0.1, 0.15) is 12.1 Å². The van der Waals surface area contributed by atoms with Gasteiger partial charge in [-0.1, -0.05) is 25.5 Å². The molecule has 2 N–H and O–H groups in total. The monoisotopic (exact) mass is 258 g/mol. The summed E-state index contributed by atoms with van der Waals surface area (Å²) in [6, 6.07) is 6.38. The molecular weight excluding hydrogens is 244 g/mol. The highest BCUT2D eigenvalue weighted by atomic mass is 16.6. The average Bonchev–Trinajstić information content (AvgIpc) is 2.41. The van der Waals surface area contributed by atoms with E-state index in [1.165, 1.54) is 18.5 Å². The van der Waals surface area contributed by atoms with Crippen molar-refractivity contribution in [2.75, 3.05) is 5.73 Å². The maximum Gasteiger partial charge on any atom is 0.270 e. The highest BCUT2D eigenvalue weighted by molar-refractivity contribution is 5.69. The third-order valence-corrected chi connectivity index (χ3v) is 2.81. The first-order valence-electron chi connectivity index (χ1n) is 5.97. The van der Waals surface area contributed by atoms with Gasteiger partial charge in [0, 0.05) is 23.3 Å². The Hall–Kier alpha value is -2.50. The molecular formula is C13H14N4O2. The summed E-state index contributed by atoms with van der Waals surface area (Å²) < 4.78 is 0. The van der Waals surface area contributed by atoms with Gasteiger partial charge in [-0.3, -0.25) is 10.1 Å². The van der Waals surface area contributed by atoms with Crippen LogP contribution in [0.1, 0.15) is 18.9 Å². The molecule has 0 saturated heterocycles. The van der Waals surface area contributed by atoms with Gasteiger partial charge in [-0.2, -0.15) is 0 Å². The summed E-state index contributed by atoms with van der Waals surface area (Å²) in [5.41, 5.74) is 8.09. The van der Waals surface area contributed by atoms with E-state index < -0.39 is 4.92 Å². The number of nitro benzene ring substituents is 1. The summed E-state index contributed by atoms with van der Waals surface area (Å²) in [4.78, 5) is 18.6. The fourth-order valence-corrected chi connectivity index (χ4v) is 1.94. The lowest BCUT2D eigenvalue weighted by atomic mass is 10.0. The van der Waals surface area contributed by atoms with Crippen LogP contribution in [0.5, 0.6) is 0 Å². The van der Waals surface area contributed by atoms with E-state index in [1.54, 1.807) is 12.1 Å². The Bertz CT molecular complexity index is 613. The third kappa shape index (κ3) is 2.67. The van der Waals surface area contributed by atoms with Crippen molar-refractivity contribution in [2.45, 2.75) is 19.8 Å². The lowest BCUT2D eigenvalue weighted by Gasteiger charge is -2.09. The zero-order valence-corrected chi connectivity index (χ0v) is 10.5. The molecule has 98 valence electrons. The molecule has 2 rings (SSSR count). The number of aromatic nitrogens is 2. The number of nitrogens with two attached hydrogens (primary N) is 1. The predicted octanol–water partition coefficient (Wildman–Crippen LogP) is 2.59. The van der Waals surface area contributed by atoms with Crippen LogP contribution in [0.4, 0.5) is 11.5 Å². The number of anilines is 1. The minimum absolute atomic E-state index is 0.0390. The molecule has 0 aliphatic rings. The molecule has 1 aromatic heterocycles. The van der Waals surface area contributed by atoms with Crippen LogP contribution in [0.15, 0.2) is 30.6 Å². The van der Waals surface area contributed by atoms with E-state index in [-0.39, 0.29) is 5.69 Å². The first-order valence-corrected chi connectivity index (χ1v) is 5.97. The predicted molar refractivity (Wildman–Crippen MR) is 72.5 cm³/mol. The molecule has 0 aliphatic heterocycles. The van der Waals surface area contributed by atoms with Gasteiger partial charge in [-0.05, 0) is 6.42 Å². The van der Waals surface area contributed by atoms with Crippen molar-refractivity contribution in [3.8, 4) is 11.3 Å². The quantitative estimate of drug-likeness (QED) is 0.671. The lowest BCUT2D eigenvalue weighted by Crippen LogP contribution is -2.02. The lowest BCUT2D eigenvalue weighted by molar-refractivity contribution is -0.384. The van der Waals surface area contributed by atoms with Crippen LogP contribution in [0, 0.1) is 10.1 Å². The summed E-state index contributed by atoms with van der Waals surface area (Å²) in [6.45, 7) is 2.03. The van der Waals surface area contributed by atoms with Crippen LogP contribution in [0.2, 0.25) is 0 Å². The van der Waals surface area contributed by atoms with Crippen LogP contribution in [0.3, 0.4) is 0 Å². The van der Waals surface area contributed by atoms with E-state index in [1.807, 2.05) is 6.92 Å². The van der Waals surface area contributed by atoms with Gasteiger partial charge in [-0.25, -0.2) is 9.97 Å². The standard InChI is InChI=1S/C13H14N4O2/c1-2-4-11-12(15-8-16-13(11)14)9-5-3-6-10(7-9)17(18)19/h3,5-8H,2,4H2,1H3,(H2,14,15,16). The Morgan fingerprint density at radius 1 is 1.37 bits per heavy atom. The zero-order chi connectivity index (χ0) is 13.8. The van der Waals surface area contributed by atoms with Crippen LogP contribution < -0.4 is 5.73 Å². The smallest absolute Gasteiger partial charge is 0.270 e. The maximum absolute atomic E-state index is 10.8. The molecule has 1 heterocycles. The van der Waals surface area contributed by atoms with Crippen molar-refractivity contribution < 1.29 is 4.92 Å². The molecule has 0 amide bonds. The molecule has 0 saturated carbocycles. The van der Waals surface area contributed by atoms with Gasteiger partial charge in [0.05, 0.1) is 10.6 Å². The highest BCUT2D eigenvalue weighted by Gasteiger charge is 2.13. The van der Waals surface area contributed by atoms with E-state index in [2.05, 4.69) is 9.97 Å². The van der Waals surface area contributed by atoms with Crippen LogP contribution >= 0.6 is 0 Å². The second-order valence-electron chi connectivity index (χ2n) is 4.14. The topological polar surface area (TPSA) is 94.9 Å². The Kier molecular flexibility index (Phi) is 3.70. The minimum atomic E-state index is -0.423. The van der Waals surface area contributed by atoms with Crippen molar-refractivity contribution in [1.29, 1.82) is 0 Å². The van der Waals surface area contributed by atoms with E-state index in [4.69, 9.17) is 5.73 Å². The van der Waals surface area contributed by atoms with Crippen LogP contribution in [0.25, 0.3) is 11.3 Å². The van der Waals surface area contributed by atoms with Gasteiger partial charge in [0.15, 0.2) is 0 Å². The molecule has 0 radical (unpaired) electrons. The summed E-state index contributed by atoms with van der Waals surface area (Å²) in [6.07, 6.45) is 3.02. The van der Waals surface area contributed by atoms with E-state index in [0.717, 1.165) is 18.4 Å². The van der Waals surface area contributed by atoms with Gasteiger partial charge in [0.2, 0.25) is 0 Å². The van der Waals surface area contributed by atoms with Crippen molar-refractivity contribution in [3.63, 3.8) is 0 Å². The molecule has 19 heavy (non-hydrogen) atoms. The second kappa shape index (κ2) is 5.43. The fraction of sp³-hybridized carbons (Fsp3) is 0.231. The van der Waals surface area contributed by atoms with E-state index in [9.17, 15) is 10.1 Å². The average molecular weight is 258 g/mol. The van der Waals surface area contributed by atoms with E-state index >= 15 is 0 Å². The van der Waals surface area contributed by atoms with E-state index in [0.29, 0.717) is 17.1 Å². The molecule has 0 fully saturated rings. The number of benzene rings is 1. The van der Waals surface area contributed by atoms with Gasteiger partial charge >= 0.3 is 0 Å². The Morgan fingerprint density at radius 3 is 2.84 bits per heavy atom. The fourth-order valence-electron chi connectivity index (χ4n) is 1.94. The van der Waals surface area contributed by atoms with Gasteiger partial charge < -0.3 is 5.73 Å². The van der Waals surface area contributed by atoms with Gasteiger partial charge in [0.25, 0.3) is 5.69 Å². The molecule has 0 atom stereocenters. The molecule has 0 aliphatic carbocycles. The summed E-state index contributed by atoms with van der Waals surface area (Å²) in [5.74, 6) is 0.429. The van der Waals surface area contributed by atoms with Crippen LogP contribution in [-0.2, 0) is 6.42 Å². The normalized spacial score (nSPS) is 10.4.